The molecule has 0 N–H and O–H groups in total. The summed E-state index contributed by atoms with van der Waals surface area (Å²) in [6, 6.07) is 6.15. The molecule has 2 rings (SSSR count). The van der Waals surface area contributed by atoms with E-state index in [1.165, 1.54) is 12.1 Å². The molecule has 1 aromatic carbocycles. The lowest BCUT2D eigenvalue weighted by molar-refractivity contribution is 0.0901. The third-order valence-corrected chi connectivity index (χ3v) is 2.64. The smallest absolute Gasteiger partial charge is 0.123 e. The van der Waals surface area contributed by atoms with Crippen LogP contribution in [0, 0.1) is 30.0 Å². The van der Waals surface area contributed by atoms with Crippen molar-refractivity contribution in [3.8, 4) is 17.6 Å². The van der Waals surface area contributed by atoms with Crippen LogP contribution in [-0.4, -0.2) is 6.10 Å². The molecular weight excluding hydrogens is 203 g/mol. The highest BCUT2D eigenvalue weighted by molar-refractivity contribution is 5.23. The van der Waals surface area contributed by atoms with Crippen molar-refractivity contribution in [2.45, 2.75) is 25.9 Å². The van der Waals surface area contributed by atoms with Crippen molar-refractivity contribution in [2.75, 3.05) is 0 Å². The molecule has 0 bridgehead atoms. The van der Waals surface area contributed by atoms with E-state index in [1.807, 2.05) is 13.3 Å². The minimum atomic E-state index is -0.233. The quantitative estimate of drug-likeness (QED) is 0.691. The summed E-state index contributed by atoms with van der Waals surface area (Å²) < 4.78 is 18.3. The molecule has 1 saturated carbocycles. The molecule has 1 fully saturated rings. The lowest BCUT2D eigenvalue weighted by Gasteiger charge is -2.32. The highest BCUT2D eigenvalue weighted by Gasteiger charge is 2.29. The summed E-state index contributed by atoms with van der Waals surface area (Å²) in [5.74, 6) is 7.07. The number of ether oxygens (including phenoxy) is 1. The molecule has 0 unspecified atom stereocenters. The van der Waals surface area contributed by atoms with E-state index in [1.54, 1.807) is 12.1 Å². The summed E-state index contributed by atoms with van der Waals surface area (Å²) in [6.45, 7) is 1.93. The predicted molar refractivity (Wildman–Crippen MR) is 61.3 cm³/mol. The van der Waals surface area contributed by atoms with Crippen molar-refractivity contribution in [1.82, 2.24) is 0 Å². The van der Waals surface area contributed by atoms with E-state index < -0.39 is 0 Å². The van der Waals surface area contributed by atoms with E-state index in [-0.39, 0.29) is 11.9 Å². The van der Waals surface area contributed by atoms with Gasteiger partial charge < -0.3 is 4.74 Å². The Balaban J connectivity index is 1.79. The summed E-state index contributed by atoms with van der Waals surface area (Å²) in [7, 11) is 0. The highest BCUT2D eigenvalue weighted by atomic mass is 19.1. The average Bonchev–Trinajstić information content (AvgIpc) is 2.24. The maximum absolute atomic E-state index is 12.6. The van der Waals surface area contributed by atoms with Gasteiger partial charge in [0, 0.05) is 12.3 Å². The second-order valence-corrected chi connectivity index (χ2v) is 3.94. The minimum absolute atomic E-state index is 0.233. The molecule has 1 nitrogen and oxygen atoms in total. The third-order valence-electron chi connectivity index (χ3n) is 2.64. The maximum Gasteiger partial charge on any atom is 0.123 e. The lowest BCUT2D eigenvalue weighted by atomic mass is 9.83. The van der Waals surface area contributed by atoms with Gasteiger partial charge in [-0.1, -0.05) is 18.8 Å². The monoisotopic (exact) mass is 217 g/mol. The molecule has 1 aliphatic carbocycles. The molecule has 1 radical (unpaired) electrons. The average molecular weight is 217 g/mol. The largest absolute Gasteiger partial charge is 0.490 e. The van der Waals surface area contributed by atoms with Gasteiger partial charge in [-0.2, -0.15) is 0 Å². The van der Waals surface area contributed by atoms with Crippen molar-refractivity contribution in [1.29, 1.82) is 0 Å². The lowest BCUT2D eigenvalue weighted by Crippen LogP contribution is -2.32. The van der Waals surface area contributed by atoms with Crippen molar-refractivity contribution in [3.05, 3.63) is 36.5 Å². The van der Waals surface area contributed by atoms with Gasteiger partial charge in [0.25, 0.3) is 0 Å². The van der Waals surface area contributed by atoms with Crippen LogP contribution in [0.15, 0.2) is 24.3 Å². The van der Waals surface area contributed by atoms with E-state index in [4.69, 9.17) is 4.74 Å². The summed E-state index contributed by atoms with van der Waals surface area (Å²) >= 11 is 0. The normalized spacial score (nSPS) is 22.9. The highest BCUT2D eigenvalue weighted by Crippen LogP contribution is 2.30. The van der Waals surface area contributed by atoms with Gasteiger partial charge in [-0.25, -0.2) is 4.39 Å². The first-order valence-electron chi connectivity index (χ1n) is 5.49. The molecule has 0 saturated heterocycles. The number of halogens is 1. The topological polar surface area (TPSA) is 9.23 Å². The van der Waals surface area contributed by atoms with Crippen LogP contribution in [-0.2, 0) is 0 Å². The zero-order chi connectivity index (χ0) is 11.4. The number of rotatable bonds is 2. The van der Waals surface area contributed by atoms with E-state index in [0.29, 0.717) is 5.92 Å². The molecule has 83 valence electrons. The Morgan fingerprint density at radius 3 is 2.62 bits per heavy atom. The van der Waals surface area contributed by atoms with Gasteiger partial charge in [-0.15, -0.1) is 0 Å². The summed E-state index contributed by atoms with van der Waals surface area (Å²) in [5, 5.41) is 0. The molecule has 2 heteroatoms. The molecular formula is C14H14FO. The van der Waals surface area contributed by atoms with Gasteiger partial charge in [0.2, 0.25) is 0 Å². The fourth-order valence-electron chi connectivity index (χ4n) is 1.69. The van der Waals surface area contributed by atoms with E-state index >= 15 is 0 Å². The molecule has 1 aromatic rings. The summed E-state index contributed by atoms with van der Waals surface area (Å²) in [4.78, 5) is 0. The van der Waals surface area contributed by atoms with Crippen LogP contribution < -0.4 is 4.74 Å². The Kier molecular flexibility index (Phi) is 3.46. The second-order valence-electron chi connectivity index (χ2n) is 3.94. The molecule has 0 amide bonds. The van der Waals surface area contributed by atoms with Gasteiger partial charge >= 0.3 is 0 Å². The first-order valence-corrected chi connectivity index (χ1v) is 5.49. The molecule has 0 atom stereocenters. The predicted octanol–water partition coefficient (Wildman–Crippen LogP) is 3.21. The molecule has 0 heterocycles. The zero-order valence-electron chi connectivity index (χ0n) is 9.24. The SMILES string of the molecule is C[CH]C#C[C@H]1C[C@H](Oc2ccc(F)cc2)C1. The fourth-order valence-corrected chi connectivity index (χ4v) is 1.69. The van der Waals surface area contributed by atoms with Gasteiger partial charge in [0.15, 0.2) is 0 Å². The van der Waals surface area contributed by atoms with Crippen LogP contribution >= 0.6 is 0 Å². The van der Waals surface area contributed by atoms with Crippen LogP contribution in [0.25, 0.3) is 0 Å². The number of hydrogen-bond donors (Lipinski definition) is 0. The summed E-state index contributed by atoms with van der Waals surface area (Å²) in [6.07, 6.45) is 4.03. The van der Waals surface area contributed by atoms with Crippen molar-refractivity contribution >= 4 is 0 Å². The Labute approximate surface area is 95.6 Å². The Morgan fingerprint density at radius 2 is 2.00 bits per heavy atom. The fraction of sp³-hybridized carbons (Fsp3) is 0.357. The third kappa shape index (κ3) is 2.76. The first kappa shape index (κ1) is 11.0. The second kappa shape index (κ2) is 5.03. The number of hydrogen-bond acceptors (Lipinski definition) is 1. The summed E-state index contributed by atoms with van der Waals surface area (Å²) in [5.41, 5.74) is 0. The number of benzene rings is 1. The zero-order valence-corrected chi connectivity index (χ0v) is 9.24. The van der Waals surface area contributed by atoms with Gasteiger partial charge in [0.1, 0.15) is 17.7 Å². The van der Waals surface area contributed by atoms with Crippen LogP contribution in [0.1, 0.15) is 19.8 Å². The van der Waals surface area contributed by atoms with Crippen LogP contribution in [0.2, 0.25) is 0 Å². The molecule has 0 aromatic heterocycles. The standard InChI is InChI=1S/C14H14FO/c1-2-3-4-11-9-14(10-11)16-13-7-5-12(15)6-8-13/h2,5-8,11,14H,9-10H2,1H3/t11-,14-. The molecule has 0 aliphatic heterocycles. The van der Waals surface area contributed by atoms with E-state index in [2.05, 4.69) is 11.8 Å². The minimum Gasteiger partial charge on any atom is -0.490 e. The van der Waals surface area contributed by atoms with Crippen molar-refractivity contribution < 1.29 is 9.13 Å². The molecule has 0 spiro atoms. The molecule has 16 heavy (non-hydrogen) atoms. The maximum atomic E-state index is 12.6. The van der Waals surface area contributed by atoms with Gasteiger partial charge in [-0.05, 0) is 37.1 Å². The Hall–Kier alpha value is -1.49. The van der Waals surface area contributed by atoms with Crippen molar-refractivity contribution in [3.63, 3.8) is 0 Å². The molecule has 1 aliphatic rings. The van der Waals surface area contributed by atoms with Gasteiger partial charge in [0.05, 0.1) is 0 Å². The van der Waals surface area contributed by atoms with Crippen molar-refractivity contribution in [2.24, 2.45) is 5.92 Å². The van der Waals surface area contributed by atoms with Gasteiger partial charge in [-0.3, -0.25) is 0 Å². The Bertz CT molecular complexity index is 393. The van der Waals surface area contributed by atoms with Crippen LogP contribution in [0.5, 0.6) is 5.75 Å². The first-order chi connectivity index (χ1) is 7.78. The van der Waals surface area contributed by atoms with E-state index in [0.717, 1.165) is 18.6 Å². The van der Waals surface area contributed by atoms with Crippen LogP contribution in [0.4, 0.5) is 4.39 Å². The van der Waals surface area contributed by atoms with Crippen LogP contribution in [0.3, 0.4) is 0 Å². The Morgan fingerprint density at radius 1 is 1.31 bits per heavy atom. The van der Waals surface area contributed by atoms with E-state index in [9.17, 15) is 4.39 Å².